The van der Waals surface area contributed by atoms with Crippen LogP contribution in [0.5, 0.6) is 0 Å². The summed E-state index contributed by atoms with van der Waals surface area (Å²) in [6.07, 6.45) is 4.97. The molecule has 114 valence electrons. The van der Waals surface area contributed by atoms with Crippen molar-refractivity contribution in [2.45, 2.75) is 46.5 Å². The lowest BCUT2D eigenvalue weighted by atomic mass is 9.66. The van der Waals surface area contributed by atoms with Crippen molar-refractivity contribution in [3.63, 3.8) is 0 Å². The lowest BCUT2D eigenvalue weighted by Crippen LogP contribution is -2.36. The highest BCUT2D eigenvalue weighted by atomic mass is 35.5. The van der Waals surface area contributed by atoms with E-state index < -0.39 is 0 Å². The van der Waals surface area contributed by atoms with Crippen molar-refractivity contribution in [2.75, 3.05) is 13.6 Å². The summed E-state index contributed by atoms with van der Waals surface area (Å²) in [5, 5.41) is 8.67. The van der Waals surface area contributed by atoms with Crippen LogP contribution in [0.2, 0.25) is 5.02 Å². The molecule has 1 N–H and O–H groups in total. The van der Waals surface area contributed by atoms with Crippen LogP contribution in [0.3, 0.4) is 0 Å². The molecule has 20 heavy (non-hydrogen) atoms. The van der Waals surface area contributed by atoms with Crippen molar-refractivity contribution in [3.05, 3.63) is 16.4 Å². The second-order valence-corrected chi connectivity index (χ2v) is 7.54. The maximum absolute atomic E-state index is 6.43. The summed E-state index contributed by atoms with van der Waals surface area (Å²) in [6.45, 7) is 7.88. The molecule has 1 aliphatic rings. The number of hydrogen-bond acceptors (Lipinski definition) is 2. The fourth-order valence-corrected chi connectivity index (χ4v) is 3.95. The predicted molar refractivity (Wildman–Crippen MR) is 85.2 cm³/mol. The van der Waals surface area contributed by atoms with Gasteiger partial charge in [-0.1, -0.05) is 25.4 Å². The van der Waals surface area contributed by atoms with E-state index in [2.05, 4.69) is 31.3 Å². The zero-order valence-electron chi connectivity index (χ0n) is 13.5. The van der Waals surface area contributed by atoms with Crippen molar-refractivity contribution in [2.24, 2.45) is 24.3 Å². The van der Waals surface area contributed by atoms with Crippen LogP contribution in [-0.2, 0) is 13.5 Å². The van der Waals surface area contributed by atoms with E-state index in [0.29, 0.717) is 11.3 Å². The highest BCUT2D eigenvalue weighted by molar-refractivity contribution is 6.31. The third-order valence-corrected chi connectivity index (χ3v) is 5.35. The van der Waals surface area contributed by atoms with Crippen molar-refractivity contribution in [1.82, 2.24) is 15.1 Å². The highest BCUT2D eigenvalue weighted by Crippen LogP contribution is 2.43. The second kappa shape index (κ2) is 6.07. The van der Waals surface area contributed by atoms with Crippen LogP contribution in [0.15, 0.2) is 0 Å². The van der Waals surface area contributed by atoms with E-state index >= 15 is 0 Å². The molecule has 0 spiro atoms. The van der Waals surface area contributed by atoms with Gasteiger partial charge in [-0.25, -0.2) is 0 Å². The Morgan fingerprint density at radius 3 is 2.65 bits per heavy atom. The van der Waals surface area contributed by atoms with Crippen LogP contribution in [0.4, 0.5) is 0 Å². The molecule has 2 atom stereocenters. The standard InChI is InChI=1S/C16H28ClN3/c1-11-15(17)14(20(5)19-11)8-13-9-16(2,3)7-6-12(13)10-18-4/h12-13,18H,6-10H2,1-5H3. The maximum atomic E-state index is 6.43. The fourth-order valence-electron chi connectivity index (χ4n) is 3.71. The molecule has 2 rings (SSSR count). The Bertz CT molecular complexity index is 465. The van der Waals surface area contributed by atoms with Gasteiger partial charge in [0.15, 0.2) is 0 Å². The largest absolute Gasteiger partial charge is 0.319 e. The Morgan fingerprint density at radius 1 is 1.40 bits per heavy atom. The van der Waals surface area contributed by atoms with Gasteiger partial charge in [0.05, 0.1) is 16.4 Å². The van der Waals surface area contributed by atoms with Gasteiger partial charge in [0.25, 0.3) is 0 Å². The molecule has 2 unspecified atom stereocenters. The summed E-state index contributed by atoms with van der Waals surface area (Å²) >= 11 is 6.43. The normalized spacial score (nSPS) is 25.9. The average Bonchev–Trinajstić information content (AvgIpc) is 2.59. The van der Waals surface area contributed by atoms with Crippen molar-refractivity contribution in [3.8, 4) is 0 Å². The van der Waals surface area contributed by atoms with Gasteiger partial charge in [-0.2, -0.15) is 5.10 Å². The molecule has 1 aromatic rings. The molecule has 1 aliphatic carbocycles. The van der Waals surface area contributed by atoms with E-state index in [1.807, 2.05) is 18.7 Å². The molecule has 0 aromatic carbocycles. The predicted octanol–water partition coefficient (Wildman–Crippen LogP) is 3.59. The van der Waals surface area contributed by atoms with Crippen LogP contribution in [0, 0.1) is 24.2 Å². The van der Waals surface area contributed by atoms with Gasteiger partial charge in [-0.3, -0.25) is 4.68 Å². The molecule has 0 radical (unpaired) electrons. The summed E-state index contributed by atoms with van der Waals surface area (Å²) in [4.78, 5) is 0. The van der Waals surface area contributed by atoms with E-state index in [-0.39, 0.29) is 0 Å². The van der Waals surface area contributed by atoms with E-state index in [1.54, 1.807) is 0 Å². The Morgan fingerprint density at radius 2 is 2.10 bits per heavy atom. The first-order valence-electron chi connectivity index (χ1n) is 7.66. The Balaban J connectivity index is 2.18. The third-order valence-electron chi connectivity index (χ3n) is 4.86. The Labute approximate surface area is 128 Å². The Kier molecular flexibility index (Phi) is 4.80. The SMILES string of the molecule is CNCC1CCC(C)(C)CC1Cc1c(Cl)c(C)nn1C. The molecule has 1 aromatic heterocycles. The number of hydrogen-bond donors (Lipinski definition) is 1. The average molecular weight is 298 g/mol. The first-order chi connectivity index (χ1) is 9.34. The molecule has 0 amide bonds. The van der Waals surface area contributed by atoms with E-state index in [0.717, 1.165) is 29.6 Å². The third kappa shape index (κ3) is 3.37. The van der Waals surface area contributed by atoms with Crippen LogP contribution in [-0.4, -0.2) is 23.4 Å². The number of aryl methyl sites for hydroxylation is 2. The molecule has 1 saturated carbocycles. The van der Waals surface area contributed by atoms with Crippen LogP contribution >= 0.6 is 11.6 Å². The van der Waals surface area contributed by atoms with Gasteiger partial charge in [-0.15, -0.1) is 0 Å². The molecule has 0 aliphatic heterocycles. The molecule has 0 bridgehead atoms. The summed E-state index contributed by atoms with van der Waals surface area (Å²) in [7, 11) is 4.06. The van der Waals surface area contributed by atoms with Gasteiger partial charge >= 0.3 is 0 Å². The van der Waals surface area contributed by atoms with E-state index in [9.17, 15) is 0 Å². The topological polar surface area (TPSA) is 29.9 Å². The van der Waals surface area contributed by atoms with Crippen LogP contribution in [0.25, 0.3) is 0 Å². The lowest BCUT2D eigenvalue weighted by molar-refractivity contribution is 0.116. The van der Waals surface area contributed by atoms with Gasteiger partial charge in [0.2, 0.25) is 0 Å². The minimum absolute atomic E-state index is 0.453. The minimum Gasteiger partial charge on any atom is -0.319 e. The number of rotatable bonds is 4. The zero-order chi connectivity index (χ0) is 14.9. The maximum Gasteiger partial charge on any atom is 0.0847 e. The summed E-state index contributed by atoms with van der Waals surface area (Å²) in [5.74, 6) is 1.44. The monoisotopic (exact) mass is 297 g/mol. The number of aromatic nitrogens is 2. The lowest BCUT2D eigenvalue weighted by Gasteiger charge is -2.41. The van der Waals surface area contributed by atoms with Crippen molar-refractivity contribution in [1.29, 1.82) is 0 Å². The van der Waals surface area contributed by atoms with Gasteiger partial charge in [0.1, 0.15) is 0 Å². The molecule has 1 heterocycles. The second-order valence-electron chi connectivity index (χ2n) is 7.16. The summed E-state index contributed by atoms with van der Waals surface area (Å²) in [6, 6.07) is 0. The van der Waals surface area contributed by atoms with Crippen molar-refractivity contribution < 1.29 is 0 Å². The number of halogens is 1. The van der Waals surface area contributed by atoms with E-state index in [4.69, 9.17) is 11.6 Å². The Hall–Kier alpha value is -0.540. The van der Waals surface area contributed by atoms with Gasteiger partial charge in [-0.05, 0) is 63.5 Å². The number of nitrogens with zero attached hydrogens (tertiary/aromatic N) is 2. The fraction of sp³-hybridized carbons (Fsp3) is 0.812. The smallest absolute Gasteiger partial charge is 0.0847 e. The quantitative estimate of drug-likeness (QED) is 0.920. The number of nitrogens with one attached hydrogen (secondary N) is 1. The molecular formula is C16H28ClN3. The molecule has 4 heteroatoms. The highest BCUT2D eigenvalue weighted by Gasteiger charge is 2.35. The first-order valence-corrected chi connectivity index (χ1v) is 8.04. The molecule has 1 fully saturated rings. The minimum atomic E-state index is 0.453. The molecule has 3 nitrogen and oxygen atoms in total. The molecule has 0 saturated heterocycles. The van der Waals surface area contributed by atoms with Crippen LogP contribution < -0.4 is 5.32 Å². The van der Waals surface area contributed by atoms with Crippen LogP contribution in [0.1, 0.15) is 44.5 Å². The van der Waals surface area contributed by atoms with Gasteiger partial charge in [0, 0.05) is 7.05 Å². The van der Waals surface area contributed by atoms with E-state index in [1.165, 1.54) is 25.0 Å². The molecular weight excluding hydrogens is 270 g/mol. The van der Waals surface area contributed by atoms with Crippen molar-refractivity contribution >= 4 is 11.6 Å². The summed E-state index contributed by atoms with van der Waals surface area (Å²) in [5.41, 5.74) is 2.60. The van der Waals surface area contributed by atoms with Gasteiger partial charge < -0.3 is 5.32 Å². The zero-order valence-corrected chi connectivity index (χ0v) is 14.2. The summed E-state index contributed by atoms with van der Waals surface area (Å²) < 4.78 is 1.97. The first kappa shape index (κ1) is 15.8.